The smallest absolute Gasteiger partial charge is 0.280 e. The summed E-state index contributed by atoms with van der Waals surface area (Å²) in [5, 5.41) is 10.2. The summed E-state index contributed by atoms with van der Waals surface area (Å²) in [5.41, 5.74) is 2.74. The molecule has 4 aromatic rings. The van der Waals surface area contributed by atoms with Gasteiger partial charge in [0.15, 0.2) is 0 Å². The molecule has 0 unspecified atom stereocenters. The van der Waals surface area contributed by atoms with Gasteiger partial charge >= 0.3 is 0 Å². The number of aromatic amines is 1. The molecule has 1 aliphatic heterocycles. The maximum absolute atomic E-state index is 13.5. The summed E-state index contributed by atoms with van der Waals surface area (Å²) in [7, 11) is 1.46. The number of likely N-dealkylation sites (tertiary alicyclic amines) is 1. The van der Waals surface area contributed by atoms with Crippen LogP contribution in [0.1, 0.15) is 47.9 Å². The number of nitrogens with zero attached hydrogens (tertiary/aromatic N) is 5. The Balaban J connectivity index is 1.31. The number of anilines is 2. The maximum Gasteiger partial charge on any atom is 0.280 e. The van der Waals surface area contributed by atoms with Crippen LogP contribution in [0.4, 0.5) is 20.2 Å². The van der Waals surface area contributed by atoms with E-state index in [2.05, 4.69) is 42.5 Å². The van der Waals surface area contributed by atoms with Crippen LogP contribution in [-0.4, -0.2) is 60.6 Å². The molecule has 0 aliphatic carbocycles. The van der Waals surface area contributed by atoms with Crippen molar-refractivity contribution >= 4 is 34.2 Å². The Kier molecular flexibility index (Phi) is 6.89. The third-order valence-corrected chi connectivity index (χ3v) is 6.87. The van der Waals surface area contributed by atoms with E-state index in [9.17, 15) is 18.4 Å². The largest absolute Gasteiger partial charge is 0.339 e. The van der Waals surface area contributed by atoms with E-state index in [4.69, 9.17) is 0 Å². The van der Waals surface area contributed by atoms with Gasteiger partial charge in [-0.1, -0.05) is 0 Å². The normalized spacial score (nSPS) is 15.9. The van der Waals surface area contributed by atoms with Gasteiger partial charge in [0.1, 0.15) is 11.3 Å². The second-order valence-electron chi connectivity index (χ2n) is 9.53. The SMILES string of the molecule is Cc1ncc(NC(=O)CN2CCC[C@@H]2C)cc1NC(=O)c1cnc2[nH]c(-c3cnn(C)c3C(F)F)cc2c1. The van der Waals surface area contributed by atoms with Gasteiger partial charge in [0, 0.05) is 30.2 Å². The molecule has 2 amide bonds. The lowest BCUT2D eigenvalue weighted by Crippen LogP contribution is -2.35. The lowest BCUT2D eigenvalue weighted by Gasteiger charge is -2.20. The molecule has 1 aliphatic rings. The van der Waals surface area contributed by atoms with E-state index in [1.807, 2.05) is 0 Å². The minimum atomic E-state index is -2.70. The zero-order valence-corrected chi connectivity index (χ0v) is 21.3. The van der Waals surface area contributed by atoms with Crippen LogP contribution >= 0.6 is 0 Å². The number of amides is 2. The lowest BCUT2D eigenvalue weighted by molar-refractivity contribution is -0.117. The van der Waals surface area contributed by atoms with Crippen LogP contribution in [0.5, 0.6) is 0 Å². The number of hydrogen-bond donors (Lipinski definition) is 3. The average molecular weight is 523 g/mol. The van der Waals surface area contributed by atoms with Gasteiger partial charge in [-0.05, 0) is 51.4 Å². The van der Waals surface area contributed by atoms with Crippen LogP contribution in [-0.2, 0) is 11.8 Å². The summed E-state index contributed by atoms with van der Waals surface area (Å²) in [6, 6.07) is 5.33. The number of aryl methyl sites for hydroxylation is 2. The Bertz CT molecular complexity index is 1510. The lowest BCUT2D eigenvalue weighted by atomic mass is 10.1. The van der Waals surface area contributed by atoms with Crippen LogP contribution in [0.15, 0.2) is 36.8 Å². The highest BCUT2D eigenvalue weighted by Crippen LogP contribution is 2.32. The fraction of sp³-hybridized carbons (Fsp3) is 0.346. The number of aromatic nitrogens is 5. The van der Waals surface area contributed by atoms with Crippen molar-refractivity contribution in [2.75, 3.05) is 23.7 Å². The highest BCUT2D eigenvalue weighted by Gasteiger charge is 2.23. The van der Waals surface area contributed by atoms with Gasteiger partial charge in [0.2, 0.25) is 5.91 Å². The predicted molar refractivity (Wildman–Crippen MR) is 139 cm³/mol. The molecule has 10 nitrogen and oxygen atoms in total. The van der Waals surface area contributed by atoms with E-state index in [0.29, 0.717) is 46.4 Å². The maximum atomic E-state index is 13.5. The van der Waals surface area contributed by atoms with Gasteiger partial charge in [-0.15, -0.1) is 0 Å². The molecule has 38 heavy (non-hydrogen) atoms. The number of nitrogens with one attached hydrogen (secondary N) is 3. The Morgan fingerprint density at radius 1 is 1.16 bits per heavy atom. The molecule has 0 spiro atoms. The first kappa shape index (κ1) is 25.5. The van der Waals surface area contributed by atoms with Crippen molar-refractivity contribution < 1.29 is 18.4 Å². The van der Waals surface area contributed by atoms with E-state index in [1.165, 1.54) is 19.4 Å². The standard InChI is InChI=1S/C26H28F2N8O2/c1-14-5-4-6-36(14)13-22(37)32-18-9-20(15(2)29-11-18)34-26(38)17-7-16-8-21(33-25(16)30-10-17)19-12-31-35(3)23(19)24(27)28/h7-12,14,24H,4-6,13H2,1-3H3,(H,30,33)(H,32,37)(H,34,38)/t14-/m0/s1. The van der Waals surface area contributed by atoms with Crippen LogP contribution < -0.4 is 10.6 Å². The second-order valence-corrected chi connectivity index (χ2v) is 9.53. The van der Waals surface area contributed by atoms with Crippen molar-refractivity contribution in [3.05, 3.63) is 53.7 Å². The van der Waals surface area contributed by atoms with E-state index in [-0.39, 0.29) is 22.7 Å². The highest BCUT2D eigenvalue weighted by molar-refractivity contribution is 6.06. The molecule has 4 aromatic heterocycles. The molecule has 0 radical (unpaired) electrons. The molecule has 0 saturated carbocycles. The van der Waals surface area contributed by atoms with E-state index in [0.717, 1.165) is 24.1 Å². The quantitative estimate of drug-likeness (QED) is 0.333. The first-order valence-electron chi connectivity index (χ1n) is 12.3. The third-order valence-electron chi connectivity index (χ3n) is 6.87. The van der Waals surface area contributed by atoms with Crippen molar-refractivity contribution in [1.29, 1.82) is 0 Å². The number of pyridine rings is 2. The van der Waals surface area contributed by atoms with E-state index >= 15 is 0 Å². The summed E-state index contributed by atoms with van der Waals surface area (Å²) in [6.45, 7) is 5.07. The fourth-order valence-electron chi connectivity index (χ4n) is 4.73. The highest BCUT2D eigenvalue weighted by atomic mass is 19.3. The monoisotopic (exact) mass is 522 g/mol. The van der Waals surface area contributed by atoms with Gasteiger partial charge in [0.25, 0.3) is 12.3 Å². The molecule has 1 atom stereocenters. The first-order valence-corrected chi connectivity index (χ1v) is 12.3. The van der Waals surface area contributed by atoms with Crippen LogP contribution in [0.2, 0.25) is 0 Å². The molecule has 1 saturated heterocycles. The van der Waals surface area contributed by atoms with Gasteiger partial charge < -0.3 is 15.6 Å². The predicted octanol–water partition coefficient (Wildman–Crippen LogP) is 4.28. The third kappa shape index (κ3) is 5.12. The molecule has 0 aromatic carbocycles. The first-order chi connectivity index (χ1) is 18.2. The molecular weight excluding hydrogens is 494 g/mol. The molecule has 198 valence electrons. The molecule has 3 N–H and O–H groups in total. The zero-order valence-electron chi connectivity index (χ0n) is 21.3. The molecule has 0 bridgehead atoms. The number of rotatable bonds is 7. The van der Waals surface area contributed by atoms with Crippen molar-refractivity contribution in [3.63, 3.8) is 0 Å². The van der Waals surface area contributed by atoms with Crippen molar-refractivity contribution in [3.8, 4) is 11.3 Å². The molecular formula is C26H28F2N8O2. The zero-order chi connectivity index (χ0) is 27.0. The summed E-state index contributed by atoms with van der Waals surface area (Å²) < 4.78 is 28.1. The van der Waals surface area contributed by atoms with Crippen LogP contribution in [0.3, 0.4) is 0 Å². The molecule has 12 heteroatoms. The summed E-state index contributed by atoms with van der Waals surface area (Å²) in [4.78, 5) is 39.3. The van der Waals surface area contributed by atoms with Gasteiger partial charge in [-0.25, -0.2) is 13.8 Å². The average Bonchev–Trinajstić information content (AvgIpc) is 3.58. The number of halogens is 2. The molecule has 1 fully saturated rings. The Morgan fingerprint density at radius 3 is 2.71 bits per heavy atom. The Morgan fingerprint density at radius 2 is 1.97 bits per heavy atom. The number of carbonyl (C=O) groups excluding carboxylic acids is 2. The summed E-state index contributed by atoms with van der Waals surface area (Å²) in [5.74, 6) is -0.556. The summed E-state index contributed by atoms with van der Waals surface area (Å²) in [6.07, 6.45) is 3.80. The van der Waals surface area contributed by atoms with E-state index < -0.39 is 12.3 Å². The van der Waals surface area contributed by atoms with Gasteiger partial charge in [-0.3, -0.25) is 24.2 Å². The minimum Gasteiger partial charge on any atom is -0.339 e. The van der Waals surface area contributed by atoms with Gasteiger partial charge in [-0.2, -0.15) is 5.10 Å². The molecule has 5 rings (SSSR count). The van der Waals surface area contributed by atoms with Crippen molar-refractivity contribution in [2.24, 2.45) is 7.05 Å². The van der Waals surface area contributed by atoms with Crippen LogP contribution in [0, 0.1) is 6.92 Å². The van der Waals surface area contributed by atoms with Crippen molar-refractivity contribution in [2.45, 2.75) is 39.2 Å². The van der Waals surface area contributed by atoms with Gasteiger partial charge in [0.05, 0.1) is 47.3 Å². The second kappa shape index (κ2) is 10.3. The number of H-pyrrole nitrogens is 1. The number of alkyl halides is 2. The summed E-state index contributed by atoms with van der Waals surface area (Å²) >= 11 is 0. The number of fused-ring (bicyclic) bond motifs is 1. The van der Waals surface area contributed by atoms with Crippen LogP contribution in [0.25, 0.3) is 22.3 Å². The Hall–Kier alpha value is -4.19. The topological polar surface area (TPSA) is 121 Å². The van der Waals surface area contributed by atoms with E-state index in [1.54, 1.807) is 31.3 Å². The van der Waals surface area contributed by atoms with Crippen molar-refractivity contribution in [1.82, 2.24) is 29.6 Å². The molecule has 5 heterocycles. The minimum absolute atomic E-state index is 0.136. The number of hydrogen-bond acceptors (Lipinski definition) is 6. The Labute approximate surface area is 217 Å². The number of carbonyl (C=O) groups is 2. The fourth-order valence-corrected chi connectivity index (χ4v) is 4.73.